The number of ether oxygens (including phenoxy) is 1. The Balaban J connectivity index is 1.39. The molecule has 1 N–H and O–H groups in total. The van der Waals surface area contributed by atoms with Gasteiger partial charge in [-0.25, -0.2) is 0 Å². The number of carbonyl (C=O) groups excluding carboxylic acids is 1. The van der Waals surface area contributed by atoms with Gasteiger partial charge in [-0.15, -0.1) is 10.2 Å². The second-order valence-electron chi connectivity index (χ2n) is 8.78. The van der Waals surface area contributed by atoms with Crippen LogP contribution in [0.1, 0.15) is 44.4 Å². The predicted molar refractivity (Wildman–Crippen MR) is 123 cm³/mol. The minimum Gasteiger partial charge on any atom is -0.493 e. The van der Waals surface area contributed by atoms with Crippen molar-refractivity contribution < 1.29 is 9.53 Å². The quantitative estimate of drug-likeness (QED) is 0.596. The number of para-hydroxylation sites is 1. The molecule has 1 atom stereocenters. The van der Waals surface area contributed by atoms with Crippen LogP contribution in [-0.2, 0) is 17.3 Å². The number of amides is 1. The molecule has 0 saturated carbocycles. The van der Waals surface area contributed by atoms with Crippen LogP contribution < -0.4 is 10.1 Å². The van der Waals surface area contributed by atoms with Crippen molar-refractivity contribution in [3.05, 3.63) is 59.7 Å². The van der Waals surface area contributed by atoms with Gasteiger partial charge >= 0.3 is 0 Å². The van der Waals surface area contributed by atoms with Gasteiger partial charge < -0.3 is 14.6 Å². The van der Waals surface area contributed by atoms with E-state index in [1.807, 2.05) is 35.9 Å². The highest BCUT2D eigenvalue weighted by atomic mass is 32.2. The molecule has 0 fully saturated rings. The number of hydrogen-bond donors (Lipinski definition) is 1. The first-order valence-electron chi connectivity index (χ1n) is 10.5. The lowest BCUT2D eigenvalue weighted by atomic mass is 9.87. The van der Waals surface area contributed by atoms with E-state index >= 15 is 0 Å². The molecule has 1 aromatic heterocycles. The fourth-order valence-electron chi connectivity index (χ4n) is 3.67. The molecule has 7 heteroatoms. The third-order valence-electron chi connectivity index (χ3n) is 5.47. The van der Waals surface area contributed by atoms with Crippen LogP contribution in [0, 0.1) is 0 Å². The van der Waals surface area contributed by atoms with Crippen molar-refractivity contribution in [3.8, 4) is 17.1 Å². The third-order valence-corrected chi connectivity index (χ3v) is 6.49. The maximum atomic E-state index is 12.6. The maximum Gasteiger partial charge on any atom is 0.230 e. The Bertz CT molecular complexity index is 1070. The summed E-state index contributed by atoms with van der Waals surface area (Å²) >= 11 is 1.39. The van der Waals surface area contributed by atoms with E-state index < -0.39 is 0 Å². The Kier molecular flexibility index (Phi) is 6.05. The number of aromatic nitrogens is 3. The molecular formula is C24H28N4O2S. The first-order valence-corrected chi connectivity index (χ1v) is 11.5. The van der Waals surface area contributed by atoms with E-state index in [1.54, 1.807) is 0 Å². The molecule has 0 spiro atoms. The Labute approximate surface area is 187 Å². The molecule has 0 bridgehead atoms. The summed E-state index contributed by atoms with van der Waals surface area (Å²) in [5, 5.41) is 12.5. The topological polar surface area (TPSA) is 69.0 Å². The second kappa shape index (κ2) is 8.75. The van der Waals surface area contributed by atoms with Crippen LogP contribution in [0.3, 0.4) is 0 Å². The number of rotatable bonds is 5. The summed E-state index contributed by atoms with van der Waals surface area (Å²) in [7, 11) is 1.93. The number of hydrogen-bond acceptors (Lipinski definition) is 5. The van der Waals surface area contributed by atoms with E-state index in [2.05, 4.69) is 60.6 Å². The summed E-state index contributed by atoms with van der Waals surface area (Å²) in [5.41, 5.74) is 3.43. The van der Waals surface area contributed by atoms with Gasteiger partial charge in [0.05, 0.1) is 18.4 Å². The summed E-state index contributed by atoms with van der Waals surface area (Å²) < 4.78 is 7.61. The largest absolute Gasteiger partial charge is 0.493 e. The molecule has 6 nitrogen and oxygen atoms in total. The predicted octanol–water partition coefficient (Wildman–Crippen LogP) is 4.51. The minimum atomic E-state index is -0.0224. The fraction of sp³-hybridized carbons (Fsp3) is 0.375. The number of carbonyl (C=O) groups is 1. The molecule has 162 valence electrons. The van der Waals surface area contributed by atoms with Crippen molar-refractivity contribution in [2.24, 2.45) is 7.05 Å². The number of nitrogens with zero attached hydrogens (tertiary/aromatic N) is 3. The highest BCUT2D eigenvalue weighted by molar-refractivity contribution is 7.99. The summed E-state index contributed by atoms with van der Waals surface area (Å²) in [5.74, 6) is 1.91. The molecular weight excluding hydrogens is 408 g/mol. The molecule has 31 heavy (non-hydrogen) atoms. The van der Waals surface area contributed by atoms with Gasteiger partial charge in [-0.2, -0.15) is 0 Å². The van der Waals surface area contributed by atoms with Crippen molar-refractivity contribution in [2.75, 3.05) is 12.4 Å². The Morgan fingerprint density at radius 1 is 1.16 bits per heavy atom. The van der Waals surface area contributed by atoms with Crippen LogP contribution in [0.2, 0.25) is 0 Å². The smallest absolute Gasteiger partial charge is 0.230 e. The second-order valence-corrected chi connectivity index (χ2v) is 9.72. The number of thioether (sulfide) groups is 1. The van der Waals surface area contributed by atoms with Crippen LogP contribution in [0.5, 0.6) is 5.75 Å². The average molecular weight is 437 g/mol. The van der Waals surface area contributed by atoms with Crippen molar-refractivity contribution >= 4 is 17.7 Å². The van der Waals surface area contributed by atoms with E-state index in [9.17, 15) is 4.79 Å². The van der Waals surface area contributed by atoms with E-state index in [1.165, 1.54) is 17.3 Å². The van der Waals surface area contributed by atoms with Crippen LogP contribution in [0.15, 0.2) is 53.7 Å². The average Bonchev–Trinajstić information content (AvgIpc) is 3.12. The van der Waals surface area contributed by atoms with Gasteiger partial charge in [-0.3, -0.25) is 4.79 Å². The number of nitrogens with one attached hydrogen (secondary N) is 1. The zero-order chi connectivity index (χ0) is 22.0. The standard InChI is InChI=1S/C24H28N4O2S/c1-24(2,3)17-11-9-16(10-12-17)22-26-27-23(28(22)4)31-15-21(29)25-19-13-14-30-20-8-6-5-7-18(19)20/h5-12,19H,13-15H2,1-4H3,(H,25,29). The summed E-state index contributed by atoms with van der Waals surface area (Å²) in [6.45, 7) is 7.20. The Morgan fingerprint density at radius 3 is 2.65 bits per heavy atom. The van der Waals surface area contributed by atoms with Gasteiger partial charge in [0, 0.05) is 24.6 Å². The molecule has 1 unspecified atom stereocenters. The Morgan fingerprint density at radius 2 is 1.90 bits per heavy atom. The van der Waals surface area contributed by atoms with E-state index in [4.69, 9.17) is 4.74 Å². The van der Waals surface area contributed by atoms with Crippen LogP contribution >= 0.6 is 11.8 Å². The molecule has 0 saturated heterocycles. The van der Waals surface area contributed by atoms with Crippen LogP contribution in [0.25, 0.3) is 11.4 Å². The van der Waals surface area contributed by atoms with Gasteiger partial charge in [-0.1, -0.05) is 75.0 Å². The number of fused-ring (bicyclic) bond motifs is 1. The van der Waals surface area contributed by atoms with Crippen molar-refractivity contribution in [2.45, 2.75) is 43.8 Å². The normalized spacial score (nSPS) is 15.8. The van der Waals surface area contributed by atoms with Crippen LogP contribution in [-0.4, -0.2) is 33.0 Å². The molecule has 1 aliphatic rings. The molecule has 0 radical (unpaired) electrons. The summed E-state index contributed by atoms with van der Waals surface area (Å²) in [6.07, 6.45) is 0.770. The molecule has 0 aliphatic carbocycles. The third kappa shape index (κ3) is 4.77. The SMILES string of the molecule is Cn1c(SCC(=O)NC2CCOc3ccccc32)nnc1-c1ccc(C(C)(C)C)cc1. The first kappa shape index (κ1) is 21.4. The van der Waals surface area contributed by atoms with Crippen molar-refractivity contribution in [1.82, 2.24) is 20.1 Å². The monoisotopic (exact) mass is 436 g/mol. The lowest BCUT2D eigenvalue weighted by Gasteiger charge is -2.26. The first-order chi connectivity index (χ1) is 14.8. The molecule has 3 aromatic rings. The highest BCUT2D eigenvalue weighted by Crippen LogP contribution is 2.32. The maximum absolute atomic E-state index is 12.6. The van der Waals surface area contributed by atoms with Gasteiger partial charge in [0.25, 0.3) is 0 Å². The molecule has 1 amide bonds. The van der Waals surface area contributed by atoms with Crippen LogP contribution in [0.4, 0.5) is 0 Å². The molecule has 2 heterocycles. The van der Waals surface area contributed by atoms with Gasteiger partial charge in [-0.05, 0) is 17.0 Å². The van der Waals surface area contributed by atoms with Gasteiger partial charge in [0.2, 0.25) is 5.91 Å². The summed E-state index contributed by atoms with van der Waals surface area (Å²) in [4.78, 5) is 12.6. The van der Waals surface area contributed by atoms with Crippen molar-refractivity contribution in [1.29, 1.82) is 0 Å². The zero-order valence-electron chi connectivity index (χ0n) is 18.4. The summed E-state index contributed by atoms with van der Waals surface area (Å²) in [6, 6.07) is 16.3. The Hall–Kier alpha value is -2.80. The zero-order valence-corrected chi connectivity index (χ0v) is 19.2. The van der Waals surface area contributed by atoms with Crippen molar-refractivity contribution in [3.63, 3.8) is 0 Å². The molecule has 1 aliphatic heterocycles. The molecule has 2 aromatic carbocycles. The van der Waals surface area contributed by atoms with E-state index in [0.717, 1.165) is 34.3 Å². The lowest BCUT2D eigenvalue weighted by Crippen LogP contribution is -2.33. The lowest BCUT2D eigenvalue weighted by molar-refractivity contribution is -0.119. The fourth-order valence-corrected chi connectivity index (χ4v) is 4.39. The highest BCUT2D eigenvalue weighted by Gasteiger charge is 2.23. The number of benzene rings is 2. The van der Waals surface area contributed by atoms with Gasteiger partial charge in [0.1, 0.15) is 5.75 Å². The van der Waals surface area contributed by atoms with E-state index in [0.29, 0.717) is 6.61 Å². The van der Waals surface area contributed by atoms with Gasteiger partial charge in [0.15, 0.2) is 11.0 Å². The molecule has 4 rings (SSSR count). The van der Waals surface area contributed by atoms with E-state index in [-0.39, 0.29) is 23.1 Å². The minimum absolute atomic E-state index is 0.0190.